The van der Waals surface area contributed by atoms with E-state index in [1.165, 1.54) is 18.4 Å². The molecule has 9 heteroatoms. The Bertz CT molecular complexity index is 1160. The van der Waals surface area contributed by atoms with Crippen LogP contribution in [-0.2, 0) is 4.79 Å². The number of rotatable bonds is 7. The van der Waals surface area contributed by atoms with E-state index < -0.39 is 20.0 Å². The van der Waals surface area contributed by atoms with Crippen molar-refractivity contribution in [1.29, 1.82) is 0 Å². The van der Waals surface area contributed by atoms with Crippen LogP contribution in [-0.4, -0.2) is 36.7 Å². The molecular weight excluding hydrogens is 473 g/mol. The van der Waals surface area contributed by atoms with Crippen LogP contribution in [0.1, 0.15) is 33.3 Å². The standard InChI is InChI=1S/C22H25Cl2NO4SSi/c1-12-18(13(22(27)28)10-11-31(3,4)5)19-14(6-7-15(29-2)20(19)24)25(12)21(26)16-8-9-17(23)30-16/h6-9,13H,10-11H2,1-5H3,(H,27,28). The monoisotopic (exact) mass is 497 g/mol. The molecule has 31 heavy (non-hydrogen) atoms. The van der Waals surface area contributed by atoms with E-state index in [1.807, 2.05) is 0 Å². The molecule has 166 valence electrons. The van der Waals surface area contributed by atoms with Crippen molar-refractivity contribution in [2.24, 2.45) is 0 Å². The number of carbonyl (C=O) groups is 2. The third-order valence-corrected chi connectivity index (χ3v) is 8.74. The highest BCUT2D eigenvalue weighted by Crippen LogP contribution is 2.43. The molecule has 0 aliphatic carbocycles. The second kappa shape index (κ2) is 8.98. The first-order valence-electron chi connectivity index (χ1n) is 9.86. The molecule has 3 aromatic rings. The van der Waals surface area contributed by atoms with Crippen molar-refractivity contribution < 1.29 is 19.4 Å². The molecule has 0 bridgehead atoms. The van der Waals surface area contributed by atoms with E-state index in [-0.39, 0.29) is 5.91 Å². The Balaban J connectivity index is 2.30. The predicted molar refractivity (Wildman–Crippen MR) is 130 cm³/mol. The van der Waals surface area contributed by atoms with Gasteiger partial charge in [-0.3, -0.25) is 14.2 Å². The molecule has 0 aliphatic heterocycles. The highest BCUT2D eigenvalue weighted by molar-refractivity contribution is 7.18. The summed E-state index contributed by atoms with van der Waals surface area (Å²) in [5.41, 5.74) is 1.70. The zero-order valence-electron chi connectivity index (χ0n) is 18.1. The number of hydrogen-bond acceptors (Lipinski definition) is 4. The maximum absolute atomic E-state index is 13.4. The number of nitrogens with zero attached hydrogens (tertiary/aromatic N) is 1. The smallest absolute Gasteiger partial charge is 0.311 e. The van der Waals surface area contributed by atoms with Gasteiger partial charge >= 0.3 is 5.97 Å². The van der Waals surface area contributed by atoms with Crippen molar-refractivity contribution in [1.82, 2.24) is 4.57 Å². The third-order valence-electron chi connectivity index (χ3n) is 5.36. The first-order chi connectivity index (χ1) is 14.5. The van der Waals surface area contributed by atoms with Crippen molar-refractivity contribution in [3.63, 3.8) is 0 Å². The van der Waals surface area contributed by atoms with Crippen LogP contribution in [0.3, 0.4) is 0 Å². The summed E-state index contributed by atoms with van der Waals surface area (Å²) in [6, 6.07) is 7.63. The number of halogens is 2. The van der Waals surface area contributed by atoms with Crippen molar-refractivity contribution >= 4 is 65.4 Å². The van der Waals surface area contributed by atoms with Gasteiger partial charge in [-0.25, -0.2) is 0 Å². The van der Waals surface area contributed by atoms with E-state index in [1.54, 1.807) is 35.8 Å². The van der Waals surface area contributed by atoms with Crippen LogP contribution in [0, 0.1) is 6.92 Å². The Hall–Kier alpha value is -1.80. The fourth-order valence-electron chi connectivity index (χ4n) is 3.83. The van der Waals surface area contributed by atoms with E-state index in [0.29, 0.717) is 48.6 Å². The van der Waals surface area contributed by atoms with Crippen LogP contribution in [0.25, 0.3) is 10.9 Å². The Morgan fingerprint density at radius 2 is 1.87 bits per heavy atom. The lowest BCUT2D eigenvalue weighted by molar-refractivity contribution is -0.138. The SMILES string of the molecule is COc1ccc2c(c1Cl)c(C(CC[Si](C)(C)C)C(=O)O)c(C)n2C(=O)c1ccc(Cl)s1. The summed E-state index contributed by atoms with van der Waals surface area (Å²) >= 11 is 13.9. The molecule has 0 radical (unpaired) electrons. The zero-order chi connectivity index (χ0) is 23.1. The number of fused-ring (bicyclic) bond motifs is 1. The molecule has 5 nitrogen and oxygen atoms in total. The average molecular weight is 499 g/mol. The van der Waals surface area contributed by atoms with E-state index >= 15 is 0 Å². The van der Waals surface area contributed by atoms with Crippen molar-refractivity contribution in [2.75, 3.05) is 7.11 Å². The molecule has 0 fully saturated rings. The molecule has 2 heterocycles. The molecule has 1 N–H and O–H groups in total. The van der Waals surface area contributed by atoms with Gasteiger partial charge in [0.15, 0.2) is 0 Å². The first kappa shape index (κ1) is 23.9. The van der Waals surface area contributed by atoms with E-state index in [0.717, 1.165) is 6.04 Å². The second-order valence-corrected chi connectivity index (χ2v) is 16.4. The lowest BCUT2D eigenvalue weighted by Crippen LogP contribution is -2.23. The minimum absolute atomic E-state index is 0.263. The molecule has 1 unspecified atom stereocenters. The third kappa shape index (κ3) is 4.70. The number of benzene rings is 1. The van der Waals surface area contributed by atoms with E-state index in [9.17, 15) is 14.7 Å². The quantitative estimate of drug-likeness (QED) is 0.360. The molecule has 3 rings (SSSR count). The summed E-state index contributed by atoms with van der Waals surface area (Å²) < 4.78 is 7.43. The Morgan fingerprint density at radius 1 is 1.19 bits per heavy atom. The largest absolute Gasteiger partial charge is 0.495 e. The molecule has 1 atom stereocenters. The molecule has 0 saturated heterocycles. The van der Waals surface area contributed by atoms with Crippen molar-refractivity contribution in [3.8, 4) is 5.75 Å². The second-order valence-electron chi connectivity index (χ2n) is 8.71. The van der Waals surface area contributed by atoms with Crippen LogP contribution in [0.5, 0.6) is 5.75 Å². The molecule has 2 aromatic heterocycles. The van der Waals surface area contributed by atoms with Gasteiger partial charge in [-0.2, -0.15) is 0 Å². The first-order valence-corrected chi connectivity index (χ1v) is 15.1. The van der Waals surface area contributed by atoms with Crippen LogP contribution in [0.2, 0.25) is 35.0 Å². The van der Waals surface area contributed by atoms with E-state index in [4.69, 9.17) is 27.9 Å². The minimum atomic E-state index is -1.49. The van der Waals surface area contributed by atoms with Crippen LogP contribution < -0.4 is 4.74 Å². The van der Waals surface area contributed by atoms with Gasteiger partial charge in [0.2, 0.25) is 0 Å². The average Bonchev–Trinajstić information content (AvgIpc) is 3.23. The molecule has 0 aliphatic rings. The number of methoxy groups -OCH3 is 1. The Labute approximate surface area is 196 Å². The summed E-state index contributed by atoms with van der Waals surface area (Å²) in [5, 5.41) is 11.0. The summed E-state index contributed by atoms with van der Waals surface area (Å²) in [6.45, 7) is 8.40. The van der Waals surface area contributed by atoms with Gasteiger partial charge in [0.1, 0.15) is 5.75 Å². The highest BCUT2D eigenvalue weighted by Gasteiger charge is 2.32. The van der Waals surface area contributed by atoms with Crippen LogP contribution in [0.15, 0.2) is 24.3 Å². The Morgan fingerprint density at radius 3 is 2.39 bits per heavy atom. The number of hydrogen-bond donors (Lipinski definition) is 1. The lowest BCUT2D eigenvalue weighted by atomic mass is 9.93. The van der Waals surface area contributed by atoms with Gasteiger partial charge in [0.05, 0.1) is 32.8 Å². The van der Waals surface area contributed by atoms with Gasteiger partial charge < -0.3 is 9.84 Å². The number of carboxylic acids is 1. The van der Waals surface area contributed by atoms with Gasteiger partial charge in [-0.05, 0) is 43.2 Å². The zero-order valence-corrected chi connectivity index (χ0v) is 21.4. The fourth-order valence-corrected chi connectivity index (χ4v) is 6.29. The number of thiophene rings is 1. The Kier molecular flexibility index (Phi) is 6.91. The van der Waals surface area contributed by atoms with Gasteiger partial charge in [0.25, 0.3) is 5.91 Å². The van der Waals surface area contributed by atoms with Gasteiger partial charge in [-0.15, -0.1) is 11.3 Å². The fraction of sp³-hybridized carbons (Fsp3) is 0.364. The van der Waals surface area contributed by atoms with Crippen molar-refractivity contribution in [2.45, 2.75) is 44.9 Å². The number of ether oxygens (including phenoxy) is 1. The van der Waals surface area contributed by atoms with Gasteiger partial charge in [0, 0.05) is 19.2 Å². The number of carboxylic acid groups (broad SMARTS) is 1. The topological polar surface area (TPSA) is 68.5 Å². The number of carbonyl (C=O) groups excluding carboxylic acids is 1. The highest BCUT2D eigenvalue weighted by atomic mass is 35.5. The lowest BCUT2D eigenvalue weighted by Gasteiger charge is -2.20. The molecule has 0 spiro atoms. The normalized spacial score (nSPS) is 12.9. The van der Waals surface area contributed by atoms with Crippen LogP contribution >= 0.6 is 34.5 Å². The number of aliphatic carboxylic acids is 1. The molecule has 1 aromatic carbocycles. The summed E-state index contributed by atoms with van der Waals surface area (Å²) in [4.78, 5) is 26.2. The summed E-state index contributed by atoms with van der Waals surface area (Å²) in [5.74, 6) is -1.53. The molecular formula is C22H25Cl2NO4SSi. The minimum Gasteiger partial charge on any atom is -0.495 e. The maximum Gasteiger partial charge on any atom is 0.311 e. The summed E-state index contributed by atoms with van der Waals surface area (Å²) in [6.07, 6.45) is 0.484. The maximum atomic E-state index is 13.4. The van der Waals surface area contributed by atoms with Crippen LogP contribution in [0.4, 0.5) is 0 Å². The predicted octanol–water partition coefficient (Wildman–Crippen LogP) is 6.91. The van der Waals surface area contributed by atoms with E-state index in [2.05, 4.69) is 19.6 Å². The molecule has 0 amide bonds. The van der Waals surface area contributed by atoms with Crippen molar-refractivity contribution in [3.05, 3.63) is 49.8 Å². The molecule has 0 saturated carbocycles. The number of aromatic nitrogens is 1. The van der Waals surface area contributed by atoms with Gasteiger partial charge in [-0.1, -0.05) is 48.9 Å². The summed E-state index contributed by atoms with van der Waals surface area (Å²) in [7, 11) is 0.0215.